The second kappa shape index (κ2) is 5.72. The summed E-state index contributed by atoms with van der Waals surface area (Å²) in [5, 5.41) is 3.19. The number of nitrogens with one attached hydrogen (secondary N) is 1. The van der Waals surface area contributed by atoms with Gasteiger partial charge in [0.1, 0.15) is 0 Å². The summed E-state index contributed by atoms with van der Waals surface area (Å²) in [6.45, 7) is 3.45. The fourth-order valence-electron chi connectivity index (χ4n) is 2.97. The smallest absolute Gasteiger partial charge is 0.251 e. The predicted octanol–water partition coefficient (Wildman–Crippen LogP) is 1.93. The summed E-state index contributed by atoms with van der Waals surface area (Å²) in [6.07, 6.45) is 2.47. The molecule has 1 aromatic rings. The van der Waals surface area contributed by atoms with Crippen molar-refractivity contribution in [3.05, 3.63) is 35.9 Å². The first-order chi connectivity index (χ1) is 8.33. The van der Waals surface area contributed by atoms with Crippen molar-refractivity contribution in [3.63, 3.8) is 0 Å². The maximum Gasteiger partial charge on any atom is 0.251 e. The van der Waals surface area contributed by atoms with Crippen LogP contribution in [0.5, 0.6) is 0 Å². The van der Waals surface area contributed by atoms with E-state index in [1.165, 1.54) is 25.9 Å². The zero-order valence-corrected chi connectivity index (χ0v) is 11.2. The van der Waals surface area contributed by atoms with E-state index in [0.29, 0.717) is 12.0 Å². The highest BCUT2D eigenvalue weighted by molar-refractivity contribution is 5.94. The van der Waals surface area contributed by atoms with E-state index >= 15 is 0 Å². The van der Waals surface area contributed by atoms with E-state index in [1.54, 1.807) is 0 Å². The molecule has 3 heterocycles. The van der Waals surface area contributed by atoms with Gasteiger partial charge in [-0.3, -0.25) is 4.79 Å². The Morgan fingerprint density at radius 3 is 2.39 bits per heavy atom. The molecule has 1 unspecified atom stereocenters. The maximum absolute atomic E-state index is 12.1. The summed E-state index contributed by atoms with van der Waals surface area (Å²) < 4.78 is 0. The lowest BCUT2D eigenvalue weighted by Crippen LogP contribution is -2.57. The van der Waals surface area contributed by atoms with Crippen molar-refractivity contribution in [2.45, 2.75) is 18.9 Å². The lowest BCUT2D eigenvalue weighted by atomic mass is 9.84. The Morgan fingerprint density at radius 2 is 1.83 bits per heavy atom. The van der Waals surface area contributed by atoms with E-state index in [4.69, 9.17) is 0 Å². The molecule has 0 saturated carbocycles. The molecule has 1 N–H and O–H groups in total. The van der Waals surface area contributed by atoms with E-state index in [0.717, 1.165) is 12.1 Å². The predicted molar refractivity (Wildman–Crippen MR) is 74.1 cm³/mol. The van der Waals surface area contributed by atoms with Gasteiger partial charge < -0.3 is 10.2 Å². The average molecular weight is 267 g/mol. The van der Waals surface area contributed by atoms with Crippen molar-refractivity contribution in [1.29, 1.82) is 0 Å². The Kier molecular flexibility index (Phi) is 4.25. The molecule has 98 valence electrons. The van der Waals surface area contributed by atoms with Crippen LogP contribution >= 0.6 is 12.4 Å². The summed E-state index contributed by atoms with van der Waals surface area (Å²) in [7, 11) is 0. The summed E-state index contributed by atoms with van der Waals surface area (Å²) in [5.41, 5.74) is 0.768. The molecule has 0 radical (unpaired) electrons. The van der Waals surface area contributed by atoms with Crippen LogP contribution in [-0.2, 0) is 0 Å². The Bertz CT molecular complexity index is 402. The van der Waals surface area contributed by atoms with Crippen LogP contribution in [0.1, 0.15) is 23.2 Å². The third kappa shape index (κ3) is 2.68. The highest BCUT2D eigenvalue weighted by Gasteiger charge is 2.34. The molecule has 0 aliphatic carbocycles. The molecule has 3 aliphatic heterocycles. The van der Waals surface area contributed by atoms with Gasteiger partial charge in [-0.25, -0.2) is 0 Å². The van der Waals surface area contributed by atoms with Gasteiger partial charge in [0.15, 0.2) is 0 Å². The number of piperidine rings is 3. The minimum absolute atomic E-state index is 0. The summed E-state index contributed by atoms with van der Waals surface area (Å²) in [6, 6.07) is 9.85. The highest BCUT2D eigenvalue weighted by atomic mass is 35.5. The maximum atomic E-state index is 12.1. The SMILES string of the molecule is Cl.O=C(NC1CN2CCC1CC2)c1ccccc1. The van der Waals surface area contributed by atoms with E-state index in [9.17, 15) is 4.79 Å². The Labute approximate surface area is 114 Å². The number of nitrogens with zero attached hydrogens (tertiary/aromatic N) is 1. The van der Waals surface area contributed by atoms with Crippen molar-refractivity contribution in [1.82, 2.24) is 10.2 Å². The third-order valence-electron chi connectivity index (χ3n) is 4.01. The number of hydrogen-bond acceptors (Lipinski definition) is 2. The molecule has 2 bridgehead atoms. The number of rotatable bonds is 2. The van der Waals surface area contributed by atoms with Gasteiger partial charge in [-0.1, -0.05) is 18.2 Å². The molecule has 1 atom stereocenters. The summed E-state index contributed by atoms with van der Waals surface area (Å²) in [5.74, 6) is 0.761. The minimum atomic E-state index is 0. The monoisotopic (exact) mass is 266 g/mol. The van der Waals surface area contributed by atoms with E-state index < -0.39 is 0 Å². The average Bonchev–Trinajstić information content (AvgIpc) is 2.41. The number of benzene rings is 1. The van der Waals surface area contributed by atoms with Crippen molar-refractivity contribution in [3.8, 4) is 0 Å². The highest BCUT2D eigenvalue weighted by Crippen LogP contribution is 2.27. The van der Waals surface area contributed by atoms with Crippen molar-refractivity contribution >= 4 is 18.3 Å². The van der Waals surface area contributed by atoms with Crippen molar-refractivity contribution in [2.75, 3.05) is 19.6 Å². The van der Waals surface area contributed by atoms with E-state index in [2.05, 4.69) is 10.2 Å². The number of hydrogen-bond donors (Lipinski definition) is 1. The quantitative estimate of drug-likeness (QED) is 0.887. The summed E-state index contributed by atoms with van der Waals surface area (Å²) >= 11 is 0. The Morgan fingerprint density at radius 1 is 1.17 bits per heavy atom. The first-order valence-corrected chi connectivity index (χ1v) is 6.41. The molecule has 18 heavy (non-hydrogen) atoms. The van der Waals surface area contributed by atoms with Gasteiger partial charge >= 0.3 is 0 Å². The molecule has 1 amide bonds. The lowest BCUT2D eigenvalue weighted by Gasteiger charge is -2.44. The van der Waals surface area contributed by atoms with Crippen LogP contribution in [0.2, 0.25) is 0 Å². The van der Waals surface area contributed by atoms with Crippen LogP contribution in [0, 0.1) is 5.92 Å². The normalized spacial score (nSPS) is 29.4. The number of fused-ring (bicyclic) bond motifs is 3. The fourth-order valence-corrected chi connectivity index (χ4v) is 2.97. The van der Waals surface area contributed by atoms with Gasteiger partial charge in [-0.15, -0.1) is 12.4 Å². The molecule has 4 rings (SSSR count). The second-order valence-corrected chi connectivity index (χ2v) is 5.08. The fraction of sp³-hybridized carbons (Fsp3) is 0.500. The number of halogens is 1. The van der Waals surface area contributed by atoms with Crippen molar-refractivity contribution in [2.24, 2.45) is 5.92 Å². The van der Waals surface area contributed by atoms with Gasteiger partial charge in [-0.2, -0.15) is 0 Å². The third-order valence-corrected chi connectivity index (χ3v) is 4.01. The molecule has 3 aliphatic rings. The van der Waals surface area contributed by atoms with Crippen LogP contribution in [0.15, 0.2) is 30.3 Å². The molecular formula is C14H19ClN2O. The van der Waals surface area contributed by atoms with E-state index in [-0.39, 0.29) is 18.3 Å². The molecular weight excluding hydrogens is 248 g/mol. The first-order valence-electron chi connectivity index (χ1n) is 6.41. The van der Waals surface area contributed by atoms with Crippen LogP contribution < -0.4 is 5.32 Å². The molecule has 3 fully saturated rings. The Balaban J connectivity index is 0.00000120. The molecule has 3 nitrogen and oxygen atoms in total. The zero-order chi connectivity index (χ0) is 11.7. The van der Waals surface area contributed by atoms with Gasteiger partial charge in [0, 0.05) is 18.2 Å². The Hall–Kier alpha value is -1.06. The first kappa shape index (κ1) is 13.4. The van der Waals surface area contributed by atoms with Gasteiger partial charge in [-0.05, 0) is 44.0 Å². The van der Waals surface area contributed by atoms with Crippen LogP contribution in [0.25, 0.3) is 0 Å². The molecule has 3 saturated heterocycles. The largest absolute Gasteiger partial charge is 0.348 e. The zero-order valence-electron chi connectivity index (χ0n) is 10.3. The number of amides is 1. The standard InChI is InChI=1S/C14H18N2O.ClH/c17-14(12-4-2-1-3-5-12)15-13-10-16-8-6-11(13)7-9-16;/h1-5,11,13H,6-10H2,(H,15,17);1H. The van der Waals surface area contributed by atoms with Crippen LogP contribution in [0.4, 0.5) is 0 Å². The molecule has 1 aromatic carbocycles. The molecule has 0 spiro atoms. The van der Waals surface area contributed by atoms with E-state index in [1.807, 2.05) is 30.3 Å². The second-order valence-electron chi connectivity index (χ2n) is 5.08. The van der Waals surface area contributed by atoms with Gasteiger partial charge in [0.2, 0.25) is 0 Å². The molecule has 0 aromatic heterocycles. The molecule has 4 heteroatoms. The summed E-state index contributed by atoms with van der Waals surface area (Å²) in [4.78, 5) is 14.5. The van der Waals surface area contributed by atoms with Gasteiger partial charge in [0.25, 0.3) is 5.91 Å². The number of carbonyl (C=O) groups excluding carboxylic acids is 1. The van der Waals surface area contributed by atoms with Crippen LogP contribution in [-0.4, -0.2) is 36.5 Å². The minimum Gasteiger partial charge on any atom is -0.348 e. The number of carbonyl (C=O) groups is 1. The van der Waals surface area contributed by atoms with Crippen molar-refractivity contribution < 1.29 is 4.79 Å². The topological polar surface area (TPSA) is 32.3 Å². The van der Waals surface area contributed by atoms with Crippen LogP contribution in [0.3, 0.4) is 0 Å². The lowest BCUT2D eigenvalue weighted by molar-refractivity contribution is 0.0620. The van der Waals surface area contributed by atoms with Gasteiger partial charge in [0.05, 0.1) is 0 Å².